The molecule has 0 aliphatic heterocycles. The molecule has 7 nitrogen and oxygen atoms in total. The van der Waals surface area contributed by atoms with Crippen molar-refractivity contribution in [1.82, 2.24) is 10.3 Å². The molecular formula is C17H17N3O4S. The normalized spacial score (nSPS) is 10.8. The summed E-state index contributed by atoms with van der Waals surface area (Å²) >= 11 is 0. The Morgan fingerprint density at radius 1 is 1.12 bits per heavy atom. The molecule has 0 saturated heterocycles. The zero-order chi connectivity index (χ0) is 18.4. The Labute approximate surface area is 146 Å². The number of aryl methyl sites for hydroxylation is 2. The lowest BCUT2D eigenvalue weighted by atomic mass is 10.1. The molecule has 0 saturated carbocycles. The van der Waals surface area contributed by atoms with Gasteiger partial charge in [-0.15, -0.1) is 4.83 Å². The standard InChI is InChI=1S/C17H17N3O4S/c1-12-4-3-5-13(2)17(12)24-11-16(21)19-20-25(22,23)15-8-6-14(10-18)7-9-15/h3-9,20H,11H2,1-2H3,(H,19,21). The lowest BCUT2D eigenvalue weighted by molar-refractivity contribution is -0.123. The van der Waals surface area contributed by atoms with Crippen molar-refractivity contribution >= 4 is 15.9 Å². The van der Waals surface area contributed by atoms with Gasteiger partial charge in [0.05, 0.1) is 16.5 Å². The van der Waals surface area contributed by atoms with Gasteiger partial charge in [0.25, 0.3) is 15.9 Å². The summed E-state index contributed by atoms with van der Waals surface area (Å²) in [5, 5.41) is 8.71. The van der Waals surface area contributed by atoms with E-state index in [4.69, 9.17) is 10.00 Å². The quantitative estimate of drug-likeness (QED) is 0.761. The largest absolute Gasteiger partial charge is 0.483 e. The van der Waals surface area contributed by atoms with E-state index in [0.29, 0.717) is 11.3 Å². The van der Waals surface area contributed by atoms with Crippen molar-refractivity contribution < 1.29 is 17.9 Å². The van der Waals surface area contributed by atoms with Crippen molar-refractivity contribution in [3.05, 3.63) is 59.2 Å². The Kier molecular flexibility index (Phi) is 5.75. The molecule has 0 unspecified atom stereocenters. The van der Waals surface area contributed by atoms with Crippen LogP contribution in [0.1, 0.15) is 16.7 Å². The molecule has 25 heavy (non-hydrogen) atoms. The number of sulfonamides is 1. The number of nitriles is 1. The molecule has 130 valence electrons. The first-order valence-corrected chi connectivity index (χ1v) is 8.81. The molecule has 8 heteroatoms. The third-order valence-electron chi connectivity index (χ3n) is 3.37. The highest BCUT2D eigenvalue weighted by Crippen LogP contribution is 2.21. The van der Waals surface area contributed by atoms with E-state index in [2.05, 4.69) is 5.43 Å². The predicted octanol–water partition coefficient (Wildman–Crippen LogP) is 1.56. The molecule has 0 heterocycles. The minimum Gasteiger partial charge on any atom is -0.483 e. The summed E-state index contributed by atoms with van der Waals surface area (Å²) in [6.07, 6.45) is 0. The van der Waals surface area contributed by atoms with Gasteiger partial charge in [0.1, 0.15) is 5.75 Å². The average Bonchev–Trinajstić information content (AvgIpc) is 2.59. The van der Waals surface area contributed by atoms with Crippen LogP contribution in [0.2, 0.25) is 0 Å². The topological polar surface area (TPSA) is 108 Å². The minimum atomic E-state index is -3.93. The zero-order valence-electron chi connectivity index (χ0n) is 13.7. The minimum absolute atomic E-state index is 0.0672. The van der Waals surface area contributed by atoms with E-state index in [1.807, 2.05) is 42.9 Å². The van der Waals surface area contributed by atoms with E-state index in [1.54, 1.807) is 0 Å². The number of nitrogens with one attached hydrogen (secondary N) is 2. The van der Waals surface area contributed by atoms with E-state index in [1.165, 1.54) is 24.3 Å². The Hall–Kier alpha value is -2.89. The van der Waals surface area contributed by atoms with Gasteiger partial charge in [-0.1, -0.05) is 18.2 Å². The van der Waals surface area contributed by atoms with E-state index in [0.717, 1.165) is 11.1 Å². The summed E-state index contributed by atoms with van der Waals surface area (Å²) in [7, 11) is -3.93. The highest BCUT2D eigenvalue weighted by atomic mass is 32.2. The van der Waals surface area contributed by atoms with Crippen molar-refractivity contribution in [3.63, 3.8) is 0 Å². The number of benzene rings is 2. The molecule has 2 aromatic rings. The average molecular weight is 359 g/mol. The van der Waals surface area contributed by atoms with Crippen LogP contribution in [0.4, 0.5) is 0 Å². The van der Waals surface area contributed by atoms with Crippen LogP contribution >= 0.6 is 0 Å². The van der Waals surface area contributed by atoms with Crippen molar-refractivity contribution in [2.24, 2.45) is 0 Å². The number of carbonyl (C=O) groups is 1. The second-order valence-electron chi connectivity index (χ2n) is 5.30. The second-order valence-corrected chi connectivity index (χ2v) is 6.98. The van der Waals surface area contributed by atoms with E-state index in [9.17, 15) is 13.2 Å². The number of para-hydroxylation sites is 1. The van der Waals surface area contributed by atoms with Crippen LogP contribution in [0, 0.1) is 25.2 Å². The van der Waals surface area contributed by atoms with Gasteiger partial charge in [-0.3, -0.25) is 10.2 Å². The highest BCUT2D eigenvalue weighted by Gasteiger charge is 2.15. The number of rotatable bonds is 6. The molecule has 1 amide bonds. The molecule has 0 aliphatic carbocycles. The van der Waals surface area contributed by atoms with E-state index in [-0.39, 0.29) is 11.5 Å². The van der Waals surface area contributed by atoms with Crippen molar-refractivity contribution in [1.29, 1.82) is 5.26 Å². The van der Waals surface area contributed by atoms with Crippen LogP contribution in [-0.2, 0) is 14.8 Å². The molecule has 2 aromatic carbocycles. The maximum atomic E-state index is 12.1. The molecule has 0 aromatic heterocycles. The third kappa shape index (κ3) is 4.79. The number of ether oxygens (including phenoxy) is 1. The van der Waals surface area contributed by atoms with Gasteiger partial charge < -0.3 is 4.74 Å². The second kappa shape index (κ2) is 7.79. The van der Waals surface area contributed by atoms with E-state index >= 15 is 0 Å². The maximum absolute atomic E-state index is 12.1. The fourth-order valence-corrected chi connectivity index (χ4v) is 2.95. The number of hydrazine groups is 1. The van der Waals surface area contributed by atoms with Gasteiger partial charge in [-0.05, 0) is 49.2 Å². The monoisotopic (exact) mass is 359 g/mol. The first-order valence-electron chi connectivity index (χ1n) is 7.33. The zero-order valence-corrected chi connectivity index (χ0v) is 14.6. The summed E-state index contributed by atoms with van der Waals surface area (Å²) in [6, 6.07) is 12.8. The Balaban J connectivity index is 1.93. The molecule has 2 rings (SSSR count). The molecule has 2 N–H and O–H groups in total. The van der Waals surface area contributed by atoms with Gasteiger partial charge in [-0.2, -0.15) is 5.26 Å². The number of amides is 1. The van der Waals surface area contributed by atoms with Crippen LogP contribution in [0.3, 0.4) is 0 Å². The summed E-state index contributed by atoms with van der Waals surface area (Å²) in [4.78, 5) is 13.7. The van der Waals surface area contributed by atoms with Crippen LogP contribution in [0.15, 0.2) is 47.4 Å². The fourth-order valence-electron chi connectivity index (χ4n) is 2.09. The van der Waals surface area contributed by atoms with Gasteiger partial charge in [0.2, 0.25) is 0 Å². The van der Waals surface area contributed by atoms with Gasteiger partial charge in [0, 0.05) is 0 Å². The lowest BCUT2D eigenvalue weighted by Crippen LogP contribution is -2.43. The van der Waals surface area contributed by atoms with Crippen molar-refractivity contribution in [2.75, 3.05) is 6.61 Å². The van der Waals surface area contributed by atoms with Crippen LogP contribution in [0.5, 0.6) is 5.75 Å². The summed E-state index contributed by atoms with van der Waals surface area (Å²) < 4.78 is 29.6. The first-order chi connectivity index (χ1) is 11.8. The predicted molar refractivity (Wildman–Crippen MR) is 91.0 cm³/mol. The molecule has 0 radical (unpaired) electrons. The van der Waals surface area contributed by atoms with Gasteiger partial charge in [0.15, 0.2) is 6.61 Å². The van der Waals surface area contributed by atoms with Gasteiger partial charge >= 0.3 is 0 Å². The van der Waals surface area contributed by atoms with E-state index < -0.39 is 15.9 Å². The molecule has 0 spiro atoms. The number of hydrogen-bond acceptors (Lipinski definition) is 5. The molecule has 0 fully saturated rings. The molecular weight excluding hydrogens is 342 g/mol. The van der Waals surface area contributed by atoms with Gasteiger partial charge in [-0.25, -0.2) is 8.42 Å². The summed E-state index contributed by atoms with van der Waals surface area (Å²) in [5.41, 5.74) is 4.19. The molecule has 0 bridgehead atoms. The number of nitrogens with zero attached hydrogens (tertiary/aromatic N) is 1. The Morgan fingerprint density at radius 3 is 2.28 bits per heavy atom. The van der Waals surface area contributed by atoms with Crippen LogP contribution in [-0.4, -0.2) is 20.9 Å². The summed E-state index contributed by atoms with van der Waals surface area (Å²) in [6.45, 7) is 3.38. The summed E-state index contributed by atoms with van der Waals surface area (Å²) in [5.74, 6) is -0.0486. The smallest absolute Gasteiger partial charge is 0.272 e. The van der Waals surface area contributed by atoms with Crippen LogP contribution in [0.25, 0.3) is 0 Å². The van der Waals surface area contributed by atoms with Crippen LogP contribution < -0.4 is 15.0 Å². The fraction of sp³-hybridized carbons (Fsp3) is 0.176. The number of hydrogen-bond donors (Lipinski definition) is 2. The Bertz CT molecular complexity index is 896. The SMILES string of the molecule is Cc1cccc(C)c1OCC(=O)NNS(=O)(=O)c1ccc(C#N)cc1. The van der Waals surface area contributed by atoms with Crippen molar-refractivity contribution in [3.8, 4) is 11.8 Å². The Morgan fingerprint density at radius 2 is 1.72 bits per heavy atom. The highest BCUT2D eigenvalue weighted by molar-refractivity contribution is 7.89. The van der Waals surface area contributed by atoms with Crippen molar-refractivity contribution in [2.45, 2.75) is 18.7 Å². The molecule has 0 aliphatic rings. The third-order valence-corrected chi connectivity index (χ3v) is 4.64. The lowest BCUT2D eigenvalue weighted by Gasteiger charge is -2.12. The number of carbonyl (C=O) groups excluding carboxylic acids is 1. The first kappa shape index (κ1) is 18.4. The maximum Gasteiger partial charge on any atom is 0.272 e. The molecule has 0 atom stereocenters.